The van der Waals surface area contributed by atoms with Gasteiger partial charge in [0.05, 0.1) is 0 Å². The van der Waals surface area contributed by atoms with E-state index in [9.17, 15) is 8.42 Å². The third kappa shape index (κ3) is 3.42. The minimum atomic E-state index is -3.33. The highest BCUT2D eigenvalue weighted by atomic mass is 35.5. The summed E-state index contributed by atoms with van der Waals surface area (Å²) in [6, 6.07) is 1.94. The standard InChI is InChI=1S/C10H16N2O2S2.ClH/c1-7-5-8(2)15-10(7)16(13,14)12-9-3-4-11-6-9;/h5,9,11-12H,3-4,6H2,1-2H3;1H. The smallest absolute Gasteiger partial charge is 0.250 e. The van der Waals surface area contributed by atoms with E-state index in [4.69, 9.17) is 0 Å². The van der Waals surface area contributed by atoms with E-state index in [2.05, 4.69) is 10.0 Å². The summed E-state index contributed by atoms with van der Waals surface area (Å²) >= 11 is 1.33. The van der Waals surface area contributed by atoms with Crippen LogP contribution in [-0.2, 0) is 10.0 Å². The largest absolute Gasteiger partial charge is 0.315 e. The molecule has 1 atom stereocenters. The molecule has 0 saturated carbocycles. The summed E-state index contributed by atoms with van der Waals surface area (Å²) in [7, 11) is -3.33. The molecule has 1 aromatic rings. The molecule has 98 valence electrons. The Kier molecular flexibility index (Phi) is 4.97. The molecule has 2 rings (SSSR count). The van der Waals surface area contributed by atoms with Crippen LogP contribution in [0.1, 0.15) is 16.9 Å². The van der Waals surface area contributed by atoms with Crippen molar-refractivity contribution in [2.45, 2.75) is 30.5 Å². The third-order valence-electron chi connectivity index (χ3n) is 2.62. The maximum absolute atomic E-state index is 12.1. The molecule has 17 heavy (non-hydrogen) atoms. The van der Waals surface area contributed by atoms with Crippen molar-refractivity contribution >= 4 is 33.8 Å². The van der Waals surface area contributed by atoms with Gasteiger partial charge >= 0.3 is 0 Å². The van der Waals surface area contributed by atoms with Gasteiger partial charge in [-0.05, 0) is 38.4 Å². The molecule has 2 N–H and O–H groups in total. The van der Waals surface area contributed by atoms with Gasteiger partial charge in [-0.2, -0.15) is 0 Å². The van der Waals surface area contributed by atoms with Crippen LogP contribution < -0.4 is 10.0 Å². The van der Waals surface area contributed by atoms with E-state index < -0.39 is 10.0 Å². The fourth-order valence-corrected chi connectivity index (χ4v) is 4.87. The van der Waals surface area contributed by atoms with Crippen LogP contribution in [0.5, 0.6) is 0 Å². The first-order chi connectivity index (χ1) is 7.49. The highest BCUT2D eigenvalue weighted by Crippen LogP contribution is 2.26. The molecule has 0 aromatic carbocycles. The summed E-state index contributed by atoms with van der Waals surface area (Å²) in [6.45, 7) is 5.37. The predicted molar refractivity (Wildman–Crippen MR) is 72.6 cm³/mol. The van der Waals surface area contributed by atoms with Gasteiger partial charge in [0.15, 0.2) is 0 Å². The second-order valence-electron chi connectivity index (χ2n) is 4.14. The number of halogens is 1. The second kappa shape index (κ2) is 5.67. The minimum Gasteiger partial charge on any atom is -0.315 e. The van der Waals surface area contributed by atoms with Crippen LogP contribution in [-0.4, -0.2) is 27.5 Å². The molecule has 7 heteroatoms. The molecule has 1 aromatic heterocycles. The van der Waals surface area contributed by atoms with Crippen molar-refractivity contribution in [1.82, 2.24) is 10.0 Å². The molecule has 1 aliphatic rings. The van der Waals surface area contributed by atoms with E-state index >= 15 is 0 Å². The molecule has 0 bridgehead atoms. The summed E-state index contributed by atoms with van der Waals surface area (Å²) in [6.07, 6.45) is 0.864. The zero-order chi connectivity index (χ0) is 11.8. The van der Waals surface area contributed by atoms with Gasteiger partial charge in [-0.1, -0.05) is 0 Å². The van der Waals surface area contributed by atoms with Gasteiger partial charge in [0.1, 0.15) is 4.21 Å². The topological polar surface area (TPSA) is 58.2 Å². The molecular weight excluding hydrogens is 280 g/mol. The van der Waals surface area contributed by atoms with Gasteiger partial charge in [0.2, 0.25) is 0 Å². The SMILES string of the molecule is Cc1cc(C)c(S(=O)(=O)NC2CCNC2)s1.Cl. The van der Waals surface area contributed by atoms with Crippen molar-refractivity contribution in [3.63, 3.8) is 0 Å². The Morgan fingerprint density at radius 2 is 2.18 bits per heavy atom. The molecule has 0 amide bonds. The summed E-state index contributed by atoms with van der Waals surface area (Å²) in [5.41, 5.74) is 0.834. The van der Waals surface area contributed by atoms with Crippen LogP contribution in [0, 0.1) is 13.8 Å². The Balaban J connectivity index is 0.00000144. The van der Waals surface area contributed by atoms with Gasteiger partial charge in [-0.15, -0.1) is 23.7 Å². The summed E-state index contributed by atoms with van der Waals surface area (Å²) < 4.78 is 27.4. The maximum atomic E-state index is 12.1. The van der Waals surface area contributed by atoms with E-state index in [-0.39, 0.29) is 18.4 Å². The molecule has 0 radical (unpaired) electrons. The molecule has 4 nitrogen and oxygen atoms in total. The fourth-order valence-electron chi connectivity index (χ4n) is 1.91. The molecule has 1 saturated heterocycles. The lowest BCUT2D eigenvalue weighted by Crippen LogP contribution is -2.36. The van der Waals surface area contributed by atoms with Gasteiger partial charge in [0.25, 0.3) is 10.0 Å². The van der Waals surface area contributed by atoms with Crippen LogP contribution in [0.4, 0.5) is 0 Å². The van der Waals surface area contributed by atoms with Crippen molar-refractivity contribution in [3.8, 4) is 0 Å². The monoisotopic (exact) mass is 296 g/mol. The van der Waals surface area contributed by atoms with Crippen LogP contribution in [0.3, 0.4) is 0 Å². The fraction of sp³-hybridized carbons (Fsp3) is 0.600. The summed E-state index contributed by atoms with van der Waals surface area (Å²) in [5, 5.41) is 3.14. The lowest BCUT2D eigenvalue weighted by molar-refractivity contribution is 0.561. The average Bonchev–Trinajstić information content (AvgIpc) is 2.75. The molecule has 1 unspecified atom stereocenters. The number of hydrogen-bond acceptors (Lipinski definition) is 4. The predicted octanol–water partition coefficient (Wildman–Crippen LogP) is 1.43. The van der Waals surface area contributed by atoms with Gasteiger partial charge < -0.3 is 5.32 Å². The highest BCUT2D eigenvalue weighted by molar-refractivity contribution is 7.91. The lowest BCUT2D eigenvalue weighted by Gasteiger charge is -2.11. The molecule has 2 heterocycles. The molecule has 1 fully saturated rings. The average molecular weight is 297 g/mol. The minimum absolute atomic E-state index is 0. The van der Waals surface area contributed by atoms with Crippen molar-refractivity contribution in [2.75, 3.05) is 13.1 Å². The first-order valence-electron chi connectivity index (χ1n) is 5.29. The Morgan fingerprint density at radius 3 is 2.65 bits per heavy atom. The molecule has 0 aliphatic carbocycles. The van der Waals surface area contributed by atoms with Gasteiger partial charge in [0, 0.05) is 17.5 Å². The number of rotatable bonds is 3. The van der Waals surface area contributed by atoms with Crippen molar-refractivity contribution in [3.05, 3.63) is 16.5 Å². The molecular formula is C10H17ClN2O2S2. The van der Waals surface area contributed by atoms with Crippen molar-refractivity contribution in [1.29, 1.82) is 0 Å². The number of nitrogens with one attached hydrogen (secondary N) is 2. The quantitative estimate of drug-likeness (QED) is 0.887. The van der Waals surface area contributed by atoms with Gasteiger partial charge in [-0.3, -0.25) is 0 Å². The van der Waals surface area contributed by atoms with Crippen molar-refractivity contribution in [2.24, 2.45) is 0 Å². The Morgan fingerprint density at radius 1 is 1.47 bits per heavy atom. The lowest BCUT2D eigenvalue weighted by atomic mass is 10.3. The molecule has 1 aliphatic heterocycles. The van der Waals surface area contributed by atoms with E-state index in [0.29, 0.717) is 4.21 Å². The Labute approximate surface area is 112 Å². The highest BCUT2D eigenvalue weighted by Gasteiger charge is 2.25. The van der Waals surface area contributed by atoms with Crippen LogP contribution in [0.25, 0.3) is 0 Å². The number of aryl methyl sites for hydroxylation is 2. The summed E-state index contributed by atoms with van der Waals surface area (Å²) in [5.74, 6) is 0. The van der Waals surface area contributed by atoms with E-state index in [1.54, 1.807) is 0 Å². The first kappa shape index (κ1) is 14.9. The van der Waals surface area contributed by atoms with Crippen molar-refractivity contribution < 1.29 is 8.42 Å². The zero-order valence-electron chi connectivity index (χ0n) is 9.82. The number of sulfonamides is 1. The Hall–Kier alpha value is -0.140. The molecule has 0 spiro atoms. The van der Waals surface area contributed by atoms with E-state index in [1.807, 2.05) is 19.9 Å². The third-order valence-corrected chi connectivity index (χ3v) is 5.93. The van der Waals surface area contributed by atoms with E-state index in [1.165, 1.54) is 11.3 Å². The first-order valence-corrected chi connectivity index (χ1v) is 7.59. The maximum Gasteiger partial charge on any atom is 0.250 e. The zero-order valence-corrected chi connectivity index (χ0v) is 12.3. The van der Waals surface area contributed by atoms with Crippen LogP contribution in [0.15, 0.2) is 10.3 Å². The van der Waals surface area contributed by atoms with Gasteiger partial charge in [-0.25, -0.2) is 13.1 Å². The van der Waals surface area contributed by atoms with E-state index in [0.717, 1.165) is 30.0 Å². The normalized spacial score (nSPS) is 20.2. The Bertz CT molecular complexity index is 478. The number of hydrogen-bond donors (Lipinski definition) is 2. The number of thiophene rings is 1. The van der Waals surface area contributed by atoms with Crippen LogP contribution in [0.2, 0.25) is 0 Å². The summed E-state index contributed by atoms with van der Waals surface area (Å²) in [4.78, 5) is 1.03. The van der Waals surface area contributed by atoms with Crippen LogP contribution >= 0.6 is 23.7 Å². The second-order valence-corrected chi connectivity index (χ2v) is 7.30.